The first-order valence-electron chi connectivity index (χ1n) is 5.27. The molecule has 0 unspecified atom stereocenters. The average molecular weight is 290 g/mol. The van der Waals surface area contributed by atoms with Crippen molar-refractivity contribution < 1.29 is 42.6 Å². The molecule has 0 radical (unpaired) electrons. The monoisotopic (exact) mass is 290 g/mol. The summed E-state index contributed by atoms with van der Waals surface area (Å²) in [6.07, 6.45) is -5.62. The van der Waals surface area contributed by atoms with Crippen LogP contribution in [-0.4, -0.2) is 50.0 Å². The molecule has 2 rings (SSSR count). The van der Waals surface area contributed by atoms with Gasteiger partial charge in [-0.25, -0.2) is 9.09 Å². The van der Waals surface area contributed by atoms with Gasteiger partial charge in [0.15, 0.2) is 6.10 Å². The Morgan fingerprint density at radius 2 is 1.94 bits per heavy atom. The number of halogens is 2. The van der Waals surface area contributed by atoms with E-state index in [4.69, 9.17) is 14.5 Å². The van der Waals surface area contributed by atoms with Crippen LogP contribution in [0.5, 0.6) is 0 Å². The highest BCUT2D eigenvalue weighted by atomic mass is 31.2. The summed E-state index contributed by atoms with van der Waals surface area (Å²) in [5.74, 6) is -7.02. The van der Waals surface area contributed by atoms with Gasteiger partial charge in [-0.15, -0.1) is 0 Å². The van der Waals surface area contributed by atoms with Crippen LogP contribution in [0.15, 0.2) is 0 Å². The molecule has 4 N–H and O–H groups in total. The molecule has 7 nitrogen and oxygen atoms in total. The lowest BCUT2D eigenvalue weighted by Crippen LogP contribution is -2.70. The number of hydrogen-bond donors (Lipinski definition) is 4. The fourth-order valence-electron chi connectivity index (χ4n) is 2.35. The average Bonchev–Trinajstić information content (AvgIpc) is 2.23. The molecule has 0 spiro atoms. The van der Waals surface area contributed by atoms with Crippen LogP contribution in [0.1, 0.15) is 19.3 Å². The third kappa shape index (κ3) is 2.09. The molecule has 0 aliphatic carbocycles. The van der Waals surface area contributed by atoms with E-state index in [1.807, 2.05) is 0 Å². The number of rotatable bonds is 2. The maximum Gasteiger partial charge on any atom is 0.472 e. The zero-order chi connectivity index (χ0) is 13.8. The van der Waals surface area contributed by atoms with Gasteiger partial charge in [-0.05, 0) is 12.8 Å². The SMILES string of the molecule is O=P(O)(O)O[C@@]12CCC[C@@H](O1)[C@@H](O)[C@@H](O)C2(F)F. The predicted octanol–water partition coefficient (Wildman–Crippen LogP) is -0.268. The molecule has 0 saturated carbocycles. The Morgan fingerprint density at radius 3 is 2.50 bits per heavy atom. The summed E-state index contributed by atoms with van der Waals surface area (Å²) in [5, 5.41) is 18.8. The highest BCUT2D eigenvalue weighted by Crippen LogP contribution is 2.56. The Morgan fingerprint density at radius 1 is 1.33 bits per heavy atom. The third-order valence-corrected chi connectivity index (χ3v) is 3.72. The van der Waals surface area contributed by atoms with Crippen molar-refractivity contribution in [3.8, 4) is 0 Å². The quantitative estimate of drug-likeness (QED) is 0.517. The summed E-state index contributed by atoms with van der Waals surface area (Å²) < 4.78 is 47.5. The molecule has 0 amide bonds. The lowest BCUT2D eigenvalue weighted by Gasteiger charge is -2.52. The van der Waals surface area contributed by atoms with Gasteiger partial charge < -0.3 is 24.7 Å². The molecule has 2 aliphatic heterocycles. The molecule has 2 aliphatic rings. The van der Waals surface area contributed by atoms with Crippen molar-refractivity contribution in [1.82, 2.24) is 0 Å². The van der Waals surface area contributed by atoms with E-state index >= 15 is 0 Å². The molecule has 2 bridgehead atoms. The molecule has 4 atom stereocenters. The van der Waals surface area contributed by atoms with E-state index < -0.39 is 44.3 Å². The highest BCUT2D eigenvalue weighted by Gasteiger charge is 2.70. The minimum atomic E-state index is -5.23. The second kappa shape index (κ2) is 4.17. The number of aliphatic hydroxyl groups is 2. The topological polar surface area (TPSA) is 116 Å². The maximum atomic E-state index is 13.9. The van der Waals surface area contributed by atoms with Crippen molar-refractivity contribution in [2.75, 3.05) is 0 Å². The van der Waals surface area contributed by atoms with Gasteiger partial charge in [0.05, 0.1) is 6.10 Å². The smallest absolute Gasteiger partial charge is 0.387 e. The number of fused-ring (bicyclic) bond motifs is 2. The number of phosphoric ester groups is 1. The van der Waals surface area contributed by atoms with E-state index in [1.165, 1.54) is 0 Å². The van der Waals surface area contributed by atoms with Gasteiger partial charge in [0.1, 0.15) is 6.10 Å². The molecule has 0 aromatic carbocycles. The fraction of sp³-hybridized carbons (Fsp3) is 1.00. The molecule has 2 heterocycles. The first-order valence-corrected chi connectivity index (χ1v) is 6.80. The van der Waals surface area contributed by atoms with Crippen LogP contribution in [0.4, 0.5) is 8.78 Å². The Labute approximate surface area is 101 Å². The lowest BCUT2D eigenvalue weighted by atomic mass is 9.82. The summed E-state index contributed by atoms with van der Waals surface area (Å²) >= 11 is 0. The van der Waals surface area contributed by atoms with Gasteiger partial charge in [-0.2, -0.15) is 8.78 Å². The number of hydrogen-bond acceptors (Lipinski definition) is 5. The number of phosphoric acid groups is 1. The third-order valence-electron chi connectivity index (χ3n) is 3.19. The van der Waals surface area contributed by atoms with Crippen molar-refractivity contribution in [2.24, 2.45) is 0 Å². The van der Waals surface area contributed by atoms with Gasteiger partial charge in [0.25, 0.3) is 0 Å². The van der Waals surface area contributed by atoms with Crippen LogP contribution in [0.2, 0.25) is 0 Å². The maximum absolute atomic E-state index is 13.9. The standard InChI is InChI=1S/C8H13F2O7P/c9-8(10)6(12)5(11)4-2-1-3-7(8,16-4)17-18(13,14)15/h4-6,11-12H,1-3H2,(H2,13,14,15)/t4-,5-,6-,7-/m1/s1. The van der Waals surface area contributed by atoms with Crippen LogP contribution in [0, 0.1) is 0 Å². The van der Waals surface area contributed by atoms with Crippen LogP contribution in [-0.2, 0) is 13.8 Å². The molecule has 106 valence electrons. The zero-order valence-corrected chi connectivity index (χ0v) is 9.96. The first kappa shape index (κ1) is 14.3. The van der Waals surface area contributed by atoms with Crippen molar-refractivity contribution in [3.05, 3.63) is 0 Å². The number of aliphatic hydroxyl groups excluding tert-OH is 2. The van der Waals surface area contributed by atoms with Gasteiger partial charge >= 0.3 is 13.7 Å². The summed E-state index contributed by atoms with van der Waals surface area (Å²) in [6, 6.07) is 0. The Hall–Kier alpha value is -0.150. The van der Waals surface area contributed by atoms with Crippen LogP contribution < -0.4 is 0 Å². The second-order valence-corrected chi connectivity index (χ2v) is 5.61. The first-order chi connectivity index (χ1) is 8.09. The van der Waals surface area contributed by atoms with Gasteiger partial charge in [0.2, 0.25) is 5.79 Å². The Bertz CT molecular complexity index is 386. The normalized spacial score (nSPS) is 43.8. The summed E-state index contributed by atoms with van der Waals surface area (Å²) in [5.41, 5.74) is 0. The van der Waals surface area contributed by atoms with E-state index in [0.717, 1.165) is 0 Å². The largest absolute Gasteiger partial charge is 0.472 e. The Balaban J connectivity index is 2.39. The Kier molecular flexibility index (Phi) is 3.31. The number of ether oxygens (including phenoxy) is 1. The molecular formula is C8H13F2O7P. The van der Waals surface area contributed by atoms with Gasteiger partial charge in [-0.3, -0.25) is 0 Å². The minimum absolute atomic E-state index is 0.129. The van der Waals surface area contributed by atoms with Crippen molar-refractivity contribution in [3.63, 3.8) is 0 Å². The number of alkyl halides is 2. The summed E-state index contributed by atoms with van der Waals surface area (Å²) in [6.45, 7) is 0. The minimum Gasteiger partial charge on any atom is -0.387 e. The summed E-state index contributed by atoms with van der Waals surface area (Å²) in [7, 11) is -5.23. The zero-order valence-electron chi connectivity index (χ0n) is 9.07. The summed E-state index contributed by atoms with van der Waals surface area (Å²) in [4.78, 5) is 17.4. The van der Waals surface area contributed by atoms with Crippen LogP contribution >= 0.6 is 7.82 Å². The molecule has 2 saturated heterocycles. The second-order valence-electron chi connectivity index (χ2n) is 4.44. The van der Waals surface area contributed by atoms with Crippen molar-refractivity contribution in [1.29, 1.82) is 0 Å². The lowest BCUT2D eigenvalue weighted by molar-refractivity contribution is -0.407. The van der Waals surface area contributed by atoms with E-state index in [2.05, 4.69) is 4.52 Å². The molecule has 10 heteroatoms. The molecule has 2 fully saturated rings. The predicted molar refractivity (Wildman–Crippen MR) is 51.5 cm³/mol. The van der Waals surface area contributed by atoms with E-state index in [-0.39, 0.29) is 12.8 Å². The fourth-order valence-corrected chi connectivity index (χ4v) is 2.99. The van der Waals surface area contributed by atoms with Crippen LogP contribution in [0.3, 0.4) is 0 Å². The highest BCUT2D eigenvalue weighted by molar-refractivity contribution is 7.46. The van der Waals surface area contributed by atoms with Crippen molar-refractivity contribution >= 4 is 7.82 Å². The van der Waals surface area contributed by atoms with Gasteiger partial charge in [-0.1, -0.05) is 0 Å². The molecule has 0 aromatic heterocycles. The van der Waals surface area contributed by atoms with E-state index in [9.17, 15) is 23.6 Å². The molecular weight excluding hydrogens is 277 g/mol. The van der Waals surface area contributed by atoms with Crippen molar-refractivity contribution in [2.45, 2.75) is 49.3 Å². The van der Waals surface area contributed by atoms with Gasteiger partial charge in [0, 0.05) is 6.42 Å². The van der Waals surface area contributed by atoms with E-state index in [0.29, 0.717) is 0 Å². The van der Waals surface area contributed by atoms with Crippen LogP contribution in [0.25, 0.3) is 0 Å². The van der Waals surface area contributed by atoms with E-state index in [1.54, 1.807) is 0 Å². The molecule has 18 heavy (non-hydrogen) atoms. The molecule has 0 aromatic rings.